The van der Waals surface area contributed by atoms with Crippen molar-refractivity contribution in [3.63, 3.8) is 0 Å². The Morgan fingerprint density at radius 1 is 1.16 bits per heavy atom. The van der Waals surface area contributed by atoms with Crippen LogP contribution in [-0.2, 0) is 0 Å². The Morgan fingerprint density at radius 2 is 1.92 bits per heavy atom. The van der Waals surface area contributed by atoms with E-state index in [1.165, 1.54) is 7.11 Å². The molecule has 3 aromatic rings. The van der Waals surface area contributed by atoms with Crippen LogP contribution in [0.2, 0.25) is 0 Å². The summed E-state index contributed by atoms with van der Waals surface area (Å²) < 4.78 is 16.0. The predicted octanol–water partition coefficient (Wildman–Crippen LogP) is 2.93. The maximum atomic E-state index is 12.5. The highest BCUT2D eigenvalue weighted by Crippen LogP contribution is 2.36. The van der Waals surface area contributed by atoms with Crippen LogP contribution in [0, 0.1) is 6.92 Å². The molecule has 126 valence electrons. The monoisotopic (exact) mass is 337 g/mol. The zero-order valence-electron chi connectivity index (χ0n) is 13.7. The summed E-state index contributed by atoms with van der Waals surface area (Å²) in [5.41, 5.74) is 1.82. The fraction of sp³-hybridized carbons (Fsp3) is 0.167. The molecular formula is C18H15N3O4. The van der Waals surface area contributed by atoms with Gasteiger partial charge in [-0.2, -0.15) is 0 Å². The third-order valence-electron chi connectivity index (χ3n) is 3.96. The van der Waals surface area contributed by atoms with E-state index in [2.05, 4.69) is 15.3 Å². The molecular weight excluding hydrogens is 322 g/mol. The van der Waals surface area contributed by atoms with Gasteiger partial charge in [0.15, 0.2) is 11.5 Å². The molecule has 2 aromatic carbocycles. The normalized spacial score (nSPS) is 12.2. The minimum Gasteiger partial charge on any atom is -0.496 e. The molecule has 0 atom stereocenters. The van der Waals surface area contributed by atoms with Crippen molar-refractivity contribution in [1.29, 1.82) is 0 Å². The van der Waals surface area contributed by atoms with Crippen LogP contribution >= 0.6 is 0 Å². The van der Waals surface area contributed by atoms with Crippen molar-refractivity contribution in [2.45, 2.75) is 6.92 Å². The number of para-hydroxylation sites is 1. The first-order valence-electron chi connectivity index (χ1n) is 7.68. The summed E-state index contributed by atoms with van der Waals surface area (Å²) in [4.78, 5) is 21.3. The van der Waals surface area contributed by atoms with E-state index >= 15 is 0 Å². The van der Waals surface area contributed by atoms with Crippen molar-refractivity contribution in [3.8, 4) is 17.2 Å². The van der Waals surface area contributed by atoms with Crippen molar-refractivity contribution < 1.29 is 19.0 Å². The highest BCUT2D eigenvalue weighted by molar-refractivity contribution is 6.05. The van der Waals surface area contributed by atoms with Crippen LogP contribution < -0.4 is 19.5 Å². The van der Waals surface area contributed by atoms with E-state index in [1.54, 1.807) is 30.3 Å². The number of carbonyl (C=O) groups excluding carboxylic acids is 1. The number of fused-ring (bicyclic) bond motifs is 2. The zero-order valence-corrected chi connectivity index (χ0v) is 13.7. The summed E-state index contributed by atoms with van der Waals surface area (Å²) >= 11 is 0. The number of nitrogens with one attached hydrogen (secondary N) is 1. The number of methoxy groups -OCH3 is 1. The third-order valence-corrected chi connectivity index (χ3v) is 3.96. The lowest BCUT2D eigenvalue weighted by atomic mass is 10.1. The molecule has 0 aliphatic carbocycles. The molecule has 25 heavy (non-hydrogen) atoms. The average molecular weight is 337 g/mol. The summed E-state index contributed by atoms with van der Waals surface area (Å²) in [7, 11) is 1.52. The Labute approximate surface area is 143 Å². The lowest BCUT2D eigenvalue weighted by Gasteiger charge is -2.10. The average Bonchev–Trinajstić information content (AvgIpc) is 3.07. The van der Waals surface area contributed by atoms with Gasteiger partial charge >= 0.3 is 0 Å². The van der Waals surface area contributed by atoms with Crippen molar-refractivity contribution in [2.75, 3.05) is 19.2 Å². The summed E-state index contributed by atoms with van der Waals surface area (Å²) in [6.45, 7) is 2.04. The van der Waals surface area contributed by atoms with Crippen molar-refractivity contribution in [3.05, 3.63) is 47.7 Å². The van der Waals surface area contributed by atoms with Crippen LogP contribution in [0.1, 0.15) is 16.1 Å². The topological polar surface area (TPSA) is 82.6 Å². The molecule has 1 amide bonds. The molecule has 7 nitrogen and oxygen atoms in total. The van der Waals surface area contributed by atoms with Crippen LogP contribution in [0.4, 0.5) is 5.95 Å². The number of rotatable bonds is 3. The third kappa shape index (κ3) is 2.69. The molecule has 7 heteroatoms. The summed E-state index contributed by atoms with van der Waals surface area (Å²) in [6, 6.07) is 10.6. The highest BCUT2D eigenvalue weighted by Gasteiger charge is 2.18. The molecule has 0 saturated carbocycles. The minimum absolute atomic E-state index is 0.190. The summed E-state index contributed by atoms with van der Waals surface area (Å²) in [5.74, 6) is 1.68. The second-order valence-corrected chi connectivity index (χ2v) is 5.51. The molecule has 1 aliphatic heterocycles. The van der Waals surface area contributed by atoms with Crippen LogP contribution in [-0.4, -0.2) is 29.8 Å². The lowest BCUT2D eigenvalue weighted by Crippen LogP contribution is -2.15. The van der Waals surface area contributed by atoms with E-state index < -0.39 is 0 Å². The fourth-order valence-corrected chi connectivity index (χ4v) is 2.73. The smallest absolute Gasteiger partial charge is 0.261 e. The highest BCUT2D eigenvalue weighted by atomic mass is 16.7. The van der Waals surface area contributed by atoms with Gasteiger partial charge in [0.1, 0.15) is 5.75 Å². The SMILES string of the molecule is COc1ccccc1C(=O)Nc1nc(C)c2cc3c(cc2n1)OCO3. The van der Waals surface area contributed by atoms with Crippen LogP contribution in [0.5, 0.6) is 17.2 Å². The van der Waals surface area contributed by atoms with Gasteiger partial charge in [-0.3, -0.25) is 10.1 Å². The largest absolute Gasteiger partial charge is 0.496 e. The van der Waals surface area contributed by atoms with E-state index in [0.717, 1.165) is 11.1 Å². The van der Waals surface area contributed by atoms with Gasteiger partial charge in [0, 0.05) is 11.5 Å². The molecule has 1 N–H and O–H groups in total. The zero-order chi connectivity index (χ0) is 17.4. The van der Waals surface area contributed by atoms with Gasteiger partial charge in [-0.25, -0.2) is 9.97 Å². The first-order valence-corrected chi connectivity index (χ1v) is 7.68. The van der Waals surface area contributed by atoms with Gasteiger partial charge in [-0.1, -0.05) is 12.1 Å². The van der Waals surface area contributed by atoms with Crippen molar-refractivity contribution in [1.82, 2.24) is 9.97 Å². The molecule has 4 rings (SSSR count). The molecule has 0 fully saturated rings. The number of aromatic nitrogens is 2. The molecule has 0 saturated heterocycles. The Balaban J connectivity index is 1.70. The van der Waals surface area contributed by atoms with Gasteiger partial charge in [-0.05, 0) is 25.1 Å². The quantitative estimate of drug-likeness (QED) is 0.791. The number of amides is 1. The predicted molar refractivity (Wildman–Crippen MR) is 91.3 cm³/mol. The maximum Gasteiger partial charge on any atom is 0.261 e. The molecule has 1 aliphatic rings. The second-order valence-electron chi connectivity index (χ2n) is 5.51. The molecule has 0 bridgehead atoms. The van der Waals surface area contributed by atoms with Gasteiger partial charge in [0.25, 0.3) is 5.91 Å². The Kier molecular flexibility index (Phi) is 3.61. The second kappa shape index (κ2) is 5.94. The fourth-order valence-electron chi connectivity index (χ4n) is 2.73. The van der Waals surface area contributed by atoms with E-state index in [1.807, 2.05) is 13.0 Å². The van der Waals surface area contributed by atoms with Crippen molar-refractivity contribution in [2.24, 2.45) is 0 Å². The summed E-state index contributed by atoms with van der Waals surface area (Å²) in [6.07, 6.45) is 0. The van der Waals surface area contributed by atoms with Gasteiger partial charge < -0.3 is 14.2 Å². The van der Waals surface area contributed by atoms with E-state index in [9.17, 15) is 4.79 Å². The van der Waals surface area contributed by atoms with Crippen molar-refractivity contribution >= 4 is 22.8 Å². The van der Waals surface area contributed by atoms with Gasteiger partial charge in [-0.15, -0.1) is 0 Å². The molecule has 2 heterocycles. The lowest BCUT2D eigenvalue weighted by molar-refractivity contribution is 0.102. The van der Waals surface area contributed by atoms with E-state index in [-0.39, 0.29) is 18.6 Å². The van der Waals surface area contributed by atoms with Crippen LogP contribution in [0.15, 0.2) is 36.4 Å². The number of carbonyl (C=O) groups is 1. The van der Waals surface area contributed by atoms with E-state index in [0.29, 0.717) is 28.3 Å². The number of benzene rings is 2. The molecule has 0 radical (unpaired) electrons. The van der Waals surface area contributed by atoms with E-state index in [4.69, 9.17) is 14.2 Å². The molecule has 0 spiro atoms. The Bertz CT molecular complexity index is 987. The van der Waals surface area contributed by atoms with Crippen LogP contribution in [0.3, 0.4) is 0 Å². The van der Waals surface area contributed by atoms with Crippen LogP contribution in [0.25, 0.3) is 10.9 Å². The van der Waals surface area contributed by atoms with Gasteiger partial charge in [0.05, 0.1) is 23.9 Å². The molecule has 1 aromatic heterocycles. The number of ether oxygens (including phenoxy) is 3. The molecule has 0 unspecified atom stereocenters. The van der Waals surface area contributed by atoms with Gasteiger partial charge in [0.2, 0.25) is 12.7 Å². The summed E-state index contributed by atoms with van der Waals surface area (Å²) in [5, 5.41) is 3.57. The standard InChI is InChI=1S/C18H15N3O4/c1-10-12-7-15-16(25-9-24-15)8-13(12)20-18(19-10)21-17(22)11-5-3-4-6-14(11)23-2/h3-8H,9H2,1-2H3,(H,19,20,21,22). The first-order chi connectivity index (χ1) is 12.2. The Hall–Kier alpha value is -3.35. The number of hydrogen-bond acceptors (Lipinski definition) is 6. The number of aryl methyl sites for hydroxylation is 1. The number of hydrogen-bond donors (Lipinski definition) is 1. The Morgan fingerprint density at radius 3 is 2.72 bits per heavy atom. The minimum atomic E-state index is -0.336. The number of nitrogens with zero attached hydrogens (tertiary/aromatic N) is 2. The number of anilines is 1. The first kappa shape index (κ1) is 15.2. The maximum absolute atomic E-state index is 12.5.